The molecular weight excluding hydrogens is 370 g/mol. The first-order valence-corrected chi connectivity index (χ1v) is 9.91. The molecule has 1 aliphatic rings. The van der Waals surface area contributed by atoms with Gasteiger partial charge < -0.3 is 15.3 Å². The normalized spacial score (nSPS) is 16.9. The first-order valence-electron chi connectivity index (χ1n) is 9.91. The van der Waals surface area contributed by atoms with Crippen LogP contribution in [-0.2, 0) is 11.8 Å². The van der Waals surface area contributed by atoms with Crippen LogP contribution in [0.1, 0.15) is 19.3 Å². The van der Waals surface area contributed by atoms with E-state index >= 15 is 0 Å². The Morgan fingerprint density at radius 3 is 2.93 bits per heavy atom. The fourth-order valence-electron chi connectivity index (χ4n) is 3.70. The number of aryl methyl sites for hydroxylation is 1. The molecule has 1 saturated heterocycles. The van der Waals surface area contributed by atoms with Crippen LogP contribution in [0.2, 0.25) is 0 Å². The predicted octanol–water partition coefficient (Wildman–Crippen LogP) is 1.14. The third kappa shape index (κ3) is 4.04. The second-order valence-electron chi connectivity index (χ2n) is 7.27. The van der Waals surface area contributed by atoms with E-state index in [1.807, 2.05) is 19.2 Å². The third-order valence-electron chi connectivity index (χ3n) is 5.24. The fraction of sp³-hybridized carbons (Fsp3) is 0.450. The first-order chi connectivity index (χ1) is 14.2. The van der Waals surface area contributed by atoms with E-state index in [9.17, 15) is 4.79 Å². The maximum Gasteiger partial charge on any atom is 0.224 e. The van der Waals surface area contributed by atoms with Gasteiger partial charge in [0.25, 0.3) is 0 Å². The molecule has 1 atom stereocenters. The van der Waals surface area contributed by atoms with Crippen LogP contribution in [0.3, 0.4) is 0 Å². The smallest absolute Gasteiger partial charge is 0.224 e. The largest absolute Gasteiger partial charge is 0.396 e. The van der Waals surface area contributed by atoms with E-state index in [1.165, 1.54) is 0 Å². The van der Waals surface area contributed by atoms with Crippen molar-refractivity contribution >= 4 is 22.8 Å². The number of aliphatic hydroxyl groups excluding tert-OH is 1. The van der Waals surface area contributed by atoms with Gasteiger partial charge in [0, 0.05) is 51.2 Å². The van der Waals surface area contributed by atoms with Crippen LogP contribution in [-0.4, -0.2) is 62.0 Å². The number of rotatable bonds is 6. The number of piperidine rings is 1. The summed E-state index contributed by atoms with van der Waals surface area (Å²) in [7, 11) is 1.86. The monoisotopic (exact) mass is 395 g/mol. The molecular formula is C20H25N7O2. The lowest BCUT2D eigenvalue weighted by Gasteiger charge is -2.33. The molecule has 1 fully saturated rings. The summed E-state index contributed by atoms with van der Waals surface area (Å²) >= 11 is 0. The summed E-state index contributed by atoms with van der Waals surface area (Å²) in [4.78, 5) is 28.3. The Labute approximate surface area is 168 Å². The standard InChI is InChI=1S/C20H25N7O2/c1-26-18-16(12-23-26)19(25-17(24-18)14-5-8-21-9-6-14)27-10-2-4-15(13-27)20(29)22-7-3-11-28/h5-6,8-9,12,15,28H,2-4,7,10-11,13H2,1H3,(H,22,29)/t15-/m1/s1. The number of aliphatic hydroxyl groups is 1. The minimum Gasteiger partial charge on any atom is -0.396 e. The molecule has 3 aromatic heterocycles. The molecule has 152 valence electrons. The van der Waals surface area contributed by atoms with Crippen molar-refractivity contribution in [3.05, 3.63) is 30.7 Å². The van der Waals surface area contributed by atoms with Crippen molar-refractivity contribution in [3.8, 4) is 11.4 Å². The average Bonchev–Trinajstić information content (AvgIpc) is 3.15. The second kappa shape index (κ2) is 8.52. The molecule has 0 radical (unpaired) electrons. The van der Waals surface area contributed by atoms with Crippen LogP contribution in [0.15, 0.2) is 30.7 Å². The Bertz CT molecular complexity index is 989. The summed E-state index contributed by atoms with van der Waals surface area (Å²) in [5.41, 5.74) is 1.65. The highest BCUT2D eigenvalue weighted by molar-refractivity contribution is 5.89. The summed E-state index contributed by atoms with van der Waals surface area (Å²) in [5, 5.41) is 17.1. The lowest BCUT2D eigenvalue weighted by Crippen LogP contribution is -2.43. The van der Waals surface area contributed by atoms with Crippen LogP contribution in [0.25, 0.3) is 22.4 Å². The molecule has 1 amide bonds. The molecule has 0 aromatic carbocycles. The number of aromatic nitrogens is 5. The molecule has 0 unspecified atom stereocenters. The topological polar surface area (TPSA) is 109 Å². The Morgan fingerprint density at radius 1 is 1.31 bits per heavy atom. The predicted molar refractivity (Wildman–Crippen MR) is 109 cm³/mol. The van der Waals surface area contributed by atoms with Gasteiger partial charge in [-0.2, -0.15) is 5.10 Å². The van der Waals surface area contributed by atoms with Gasteiger partial charge in [0.2, 0.25) is 5.91 Å². The maximum absolute atomic E-state index is 12.5. The van der Waals surface area contributed by atoms with Crippen LogP contribution in [0.4, 0.5) is 5.82 Å². The minimum absolute atomic E-state index is 0.0361. The van der Waals surface area contributed by atoms with E-state index in [0.717, 1.165) is 41.8 Å². The third-order valence-corrected chi connectivity index (χ3v) is 5.24. The van der Waals surface area contributed by atoms with Gasteiger partial charge in [-0.1, -0.05) is 0 Å². The molecule has 4 heterocycles. The lowest BCUT2D eigenvalue weighted by molar-refractivity contribution is -0.125. The number of hydrogen-bond acceptors (Lipinski definition) is 7. The Balaban J connectivity index is 1.65. The Kier molecular flexibility index (Phi) is 5.66. The number of amides is 1. The van der Waals surface area contributed by atoms with E-state index in [2.05, 4.69) is 20.3 Å². The van der Waals surface area contributed by atoms with Gasteiger partial charge in [-0.25, -0.2) is 9.97 Å². The molecule has 0 spiro atoms. The molecule has 0 saturated carbocycles. The van der Waals surface area contributed by atoms with Crippen LogP contribution in [0.5, 0.6) is 0 Å². The van der Waals surface area contributed by atoms with Crippen LogP contribution < -0.4 is 10.2 Å². The van der Waals surface area contributed by atoms with Crippen molar-refractivity contribution in [3.63, 3.8) is 0 Å². The molecule has 1 aliphatic heterocycles. The average molecular weight is 395 g/mol. The molecule has 9 nitrogen and oxygen atoms in total. The van der Waals surface area contributed by atoms with Gasteiger partial charge in [0.15, 0.2) is 11.5 Å². The number of carbonyl (C=O) groups is 1. The molecule has 0 aliphatic carbocycles. The fourth-order valence-corrected chi connectivity index (χ4v) is 3.70. The zero-order valence-electron chi connectivity index (χ0n) is 16.5. The zero-order chi connectivity index (χ0) is 20.2. The maximum atomic E-state index is 12.5. The molecule has 29 heavy (non-hydrogen) atoms. The van der Waals surface area contributed by atoms with Gasteiger partial charge in [-0.05, 0) is 31.4 Å². The summed E-state index contributed by atoms with van der Waals surface area (Å²) in [6.07, 6.45) is 7.55. The van der Waals surface area contributed by atoms with Gasteiger partial charge in [-0.3, -0.25) is 14.5 Å². The second-order valence-corrected chi connectivity index (χ2v) is 7.27. The van der Waals surface area contributed by atoms with E-state index in [0.29, 0.717) is 25.3 Å². The van der Waals surface area contributed by atoms with Crippen molar-refractivity contribution in [1.82, 2.24) is 30.0 Å². The number of pyridine rings is 1. The highest BCUT2D eigenvalue weighted by Crippen LogP contribution is 2.30. The number of carbonyl (C=O) groups excluding carboxylic acids is 1. The highest BCUT2D eigenvalue weighted by Gasteiger charge is 2.28. The molecule has 2 N–H and O–H groups in total. The summed E-state index contributed by atoms with van der Waals surface area (Å²) in [6, 6.07) is 3.77. The van der Waals surface area contributed by atoms with E-state index in [-0.39, 0.29) is 18.4 Å². The van der Waals surface area contributed by atoms with Crippen molar-refractivity contribution in [2.45, 2.75) is 19.3 Å². The van der Waals surface area contributed by atoms with Crippen LogP contribution in [0, 0.1) is 5.92 Å². The number of nitrogens with one attached hydrogen (secondary N) is 1. The van der Waals surface area contributed by atoms with Crippen LogP contribution >= 0.6 is 0 Å². The SMILES string of the molecule is Cn1ncc2c(N3CCC[C@@H](C(=O)NCCCO)C3)nc(-c3ccncc3)nc21. The highest BCUT2D eigenvalue weighted by atomic mass is 16.3. The number of nitrogens with zero attached hydrogens (tertiary/aromatic N) is 6. The molecule has 4 rings (SSSR count). The van der Waals surface area contributed by atoms with Crippen molar-refractivity contribution in [2.75, 3.05) is 31.1 Å². The number of fused-ring (bicyclic) bond motifs is 1. The molecule has 0 bridgehead atoms. The van der Waals surface area contributed by atoms with Crippen molar-refractivity contribution in [2.24, 2.45) is 13.0 Å². The van der Waals surface area contributed by atoms with Crippen molar-refractivity contribution < 1.29 is 9.90 Å². The van der Waals surface area contributed by atoms with Gasteiger partial charge in [0.1, 0.15) is 5.82 Å². The summed E-state index contributed by atoms with van der Waals surface area (Å²) in [6.45, 7) is 2.01. The van der Waals surface area contributed by atoms with Gasteiger partial charge in [-0.15, -0.1) is 0 Å². The molecule has 9 heteroatoms. The number of hydrogen-bond donors (Lipinski definition) is 2. The molecule has 3 aromatic rings. The van der Waals surface area contributed by atoms with E-state index in [1.54, 1.807) is 23.3 Å². The van der Waals surface area contributed by atoms with Crippen molar-refractivity contribution in [1.29, 1.82) is 0 Å². The van der Waals surface area contributed by atoms with E-state index < -0.39 is 0 Å². The summed E-state index contributed by atoms with van der Waals surface area (Å²) < 4.78 is 1.74. The number of anilines is 1. The lowest BCUT2D eigenvalue weighted by atomic mass is 9.97. The quantitative estimate of drug-likeness (QED) is 0.603. The van der Waals surface area contributed by atoms with Gasteiger partial charge >= 0.3 is 0 Å². The Hall–Kier alpha value is -3.07. The van der Waals surface area contributed by atoms with Gasteiger partial charge in [0.05, 0.1) is 17.5 Å². The Morgan fingerprint density at radius 2 is 2.14 bits per heavy atom. The van der Waals surface area contributed by atoms with E-state index in [4.69, 9.17) is 15.1 Å². The zero-order valence-corrected chi connectivity index (χ0v) is 16.5. The summed E-state index contributed by atoms with van der Waals surface area (Å²) in [5.74, 6) is 1.36. The minimum atomic E-state index is -0.103. The first kappa shape index (κ1) is 19.3.